The van der Waals surface area contributed by atoms with Crippen molar-refractivity contribution in [2.75, 3.05) is 11.1 Å². The molecule has 0 spiro atoms. The molecule has 0 amide bonds. The third-order valence-electron chi connectivity index (χ3n) is 3.06. The number of nitro benzene ring substituents is 1. The van der Waals surface area contributed by atoms with E-state index in [1.54, 1.807) is 0 Å². The monoisotopic (exact) mass is 323 g/mol. The number of non-ortho nitro benzene ring substituents is 1. The van der Waals surface area contributed by atoms with Crippen LogP contribution in [0, 0.1) is 10.1 Å². The summed E-state index contributed by atoms with van der Waals surface area (Å²) in [4.78, 5) is 9.52. The topological polar surface area (TPSA) is 101 Å². The van der Waals surface area contributed by atoms with Crippen LogP contribution in [-0.2, 0) is 0 Å². The van der Waals surface area contributed by atoms with Gasteiger partial charge in [-0.25, -0.2) is 0 Å². The van der Waals surface area contributed by atoms with Gasteiger partial charge in [0.05, 0.1) is 16.7 Å². The molecule has 0 radical (unpaired) electrons. The van der Waals surface area contributed by atoms with Gasteiger partial charge in [-0.3, -0.25) is 10.1 Å². The maximum absolute atomic E-state index is 10.1. The molecule has 0 atom stereocenters. The Morgan fingerprint density at radius 2 is 1.38 bits per heavy atom. The summed E-state index contributed by atoms with van der Waals surface area (Å²) in [7, 11) is 0. The number of hydrogen-bond acceptors (Lipinski definition) is 5. The number of nitrogens with two attached hydrogens (primary N) is 1. The molecule has 0 bridgehead atoms. The van der Waals surface area contributed by atoms with Gasteiger partial charge in [0.15, 0.2) is 0 Å². The number of nitrogens with one attached hydrogen (secondary N) is 1. The second kappa shape index (κ2) is 8.19. The minimum atomic E-state index is -0.598. The van der Waals surface area contributed by atoms with Crippen molar-refractivity contribution in [3.05, 3.63) is 89.0 Å². The second-order valence-electron chi connectivity index (χ2n) is 4.86. The van der Waals surface area contributed by atoms with Gasteiger partial charge in [0, 0.05) is 17.4 Å². The number of benzene rings is 3. The van der Waals surface area contributed by atoms with Crippen LogP contribution >= 0.6 is 0 Å². The molecule has 3 rings (SSSR count). The smallest absolute Gasteiger partial charge is 0.273 e. The van der Waals surface area contributed by atoms with E-state index in [0.29, 0.717) is 0 Å². The third kappa shape index (κ3) is 5.03. The van der Waals surface area contributed by atoms with Crippen molar-refractivity contribution in [1.29, 1.82) is 0 Å². The predicted molar refractivity (Wildman–Crippen MR) is 95.3 cm³/mol. The molecule has 0 saturated carbocycles. The zero-order valence-corrected chi connectivity index (χ0v) is 12.8. The van der Waals surface area contributed by atoms with Gasteiger partial charge in [-0.15, -0.1) is 0 Å². The predicted octanol–water partition coefficient (Wildman–Crippen LogP) is 4.31. The van der Waals surface area contributed by atoms with E-state index in [1.165, 1.54) is 12.1 Å². The number of anilines is 3. The summed E-state index contributed by atoms with van der Waals surface area (Å²) in [5.74, 6) is -0.265. The summed E-state index contributed by atoms with van der Waals surface area (Å²) in [5.41, 5.74) is 7.42. The lowest BCUT2D eigenvalue weighted by Crippen LogP contribution is -1.89. The van der Waals surface area contributed by atoms with Crippen LogP contribution in [0.2, 0.25) is 0 Å². The molecule has 0 aromatic heterocycles. The second-order valence-corrected chi connectivity index (χ2v) is 4.86. The Balaban J connectivity index is 0.000000177. The molecule has 0 unspecified atom stereocenters. The van der Waals surface area contributed by atoms with Crippen molar-refractivity contribution in [3.63, 3.8) is 0 Å². The maximum Gasteiger partial charge on any atom is 0.273 e. The Labute approximate surface area is 139 Å². The largest absolute Gasteiger partial charge is 0.506 e. The van der Waals surface area contributed by atoms with Crippen molar-refractivity contribution in [3.8, 4) is 5.75 Å². The summed E-state index contributed by atoms with van der Waals surface area (Å²) in [6.45, 7) is 0. The Kier molecular flexibility index (Phi) is 5.74. The van der Waals surface area contributed by atoms with Gasteiger partial charge < -0.3 is 16.2 Å². The molecule has 6 nitrogen and oxygen atoms in total. The molecular weight excluding hydrogens is 306 g/mol. The number of phenolic OH excluding ortho intramolecular Hbond substituents is 1. The van der Waals surface area contributed by atoms with Crippen LogP contribution in [0.4, 0.5) is 22.7 Å². The lowest BCUT2D eigenvalue weighted by Gasteiger charge is -2.04. The van der Waals surface area contributed by atoms with Gasteiger partial charge in [-0.2, -0.15) is 0 Å². The number of nitro groups is 1. The summed E-state index contributed by atoms with van der Waals surface area (Å²) in [6.07, 6.45) is 0. The first kappa shape index (κ1) is 16.8. The molecular formula is C18H17N3O3. The minimum absolute atomic E-state index is 0.135. The van der Waals surface area contributed by atoms with Crippen molar-refractivity contribution >= 4 is 22.7 Å². The van der Waals surface area contributed by atoms with Crippen LogP contribution in [0.5, 0.6) is 5.75 Å². The Morgan fingerprint density at radius 1 is 0.875 bits per heavy atom. The first-order chi connectivity index (χ1) is 11.6. The van der Waals surface area contributed by atoms with Gasteiger partial charge in [-0.1, -0.05) is 36.4 Å². The SMILES string of the molecule is Nc1ccc([N+](=O)[O-])cc1O.c1ccc(Nc2ccccc2)cc1. The molecule has 0 aliphatic carbocycles. The first-order valence-electron chi connectivity index (χ1n) is 7.16. The minimum Gasteiger partial charge on any atom is -0.506 e. The van der Waals surface area contributed by atoms with E-state index in [2.05, 4.69) is 5.32 Å². The number of rotatable bonds is 3. The fraction of sp³-hybridized carbons (Fsp3) is 0. The molecule has 0 saturated heterocycles. The summed E-state index contributed by atoms with van der Waals surface area (Å²) < 4.78 is 0. The zero-order chi connectivity index (χ0) is 17.4. The van der Waals surface area contributed by atoms with Crippen LogP contribution in [0.15, 0.2) is 78.9 Å². The lowest BCUT2D eigenvalue weighted by atomic mass is 10.3. The van der Waals surface area contributed by atoms with E-state index in [-0.39, 0.29) is 17.1 Å². The van der Waals surface area contributed by atoms with E-state index in [0.717, 1.165) is 17.4 Å². The number of nitrogens with zero attached hydrogens (tertiary/aromatic N) is 1. The average molecular weight is 323 g/mol. The normalized spacial score (nSPS) is 9.50. The van der Waals surface area contributed by atoms with Gasteiger partial charge in [-0.05, 0) is 30.3 Å². The molecule has 24 heavy (non-hydrogen) atoms. The number of hydrogen-bond donors (Lipinski definition) is 3. The van der Waals surface area contributed by atoms with Crippen LogP contribution < -0.4 is 11.1 Å². The fourth-order valence-electron chi connectivity index (χ4n) is 1.86. The van der Waals surface area contributed by atoms with E-state index in [1.807, 2.05) is 60.7 Å². The quantitative estimate of drug-likeness (QED) is 0.288. The Bertz CT molecular complexity index is 756. The van der Waals surface area contributed by atoms with E-state index in [4.69, 9.17) is 10.8 Å². The maximum atomic E-state index is 10.1. The first-order valence-corrected chi connectivity index (χ1v) is 7.16. The van der Waals surface area contributed by atoms with E-state index < -0.39 is 4.92 Å². The van der Waals surface area contributed by atoms with Gasteiger partial charge >= 0.3 is 0 Å². The van der Waals surface area contributed by atoms with Crippen LogP contribution in [0.3, 0.4) is 0 Å². The van der Waals surface area contributed by atoms with E-state index in [9.17, 15) is 10.1 Å². The van der Waals surface area contributed by atoms with Crippen LogP contribution in [0.25, 0.3) is 0 Å². The third-order valence-corrected chi connectivity index (χ3v) is 3.06. The molecule has 3 aromatic rings. The molecule has 0 aliphatic heterocycles. The molecule has 0 heterocycles. The van der Waals surface area contributed by atoms with Crippen LogP contribution in [0.1, 0.15) is 0 Å². The van der Waals surface area contributed by atoms with Crippen molar-refractivity contribution < 1.29 is 10.0 Å². The highest BCUT2D eigenvalue weighted by Crippen LogP contribution is 2.24. The molecule has 3 aromatic carbocycles. The molecule has 0 aliphatic rings. The Morgan fingerprint density at radius 3 is 1.79 bits per heavy atom. The average Bonchev–Trinajstić information content (AvgIpc) is 2.59. The summed E-state index contributed by atoms with van der Waals surface area (Å²) >= 11 is 0. The molecule has 6 heteroatoms. The highest BCUT2D eigenvalue weighted by Gasteiger charge is 2.06. The van der Waals surface area contributed by atoms with Crippen molar-refractivity contribution in [2.24, 2.45) is 0 Å². The zero-order valence-electron chi connectivity index (χ0n) is 12.8. The standard InChI is InChI=1S/C12H11N.C6H6N2O3/c1-3-7-11(8-4-1)13-12-9-5-2-6-10-12;7-5-2-1-4(8(10)11)3-6(5)9/h1-10,13H;1-3,9H,7H2. The van der Waals surface area contributed by atoms with Crippen LogP contribution in [-0.4, -0.2) is 10.0 Å². The van der Waals surface area contributed by atoms with Gasteiger partial charge in [0.2, 0.25) is 0 Å². The highest BCUT2D eigenvalue weighted by atomic mass is 16.6. The van der Waals surface area contributed by atoms with Gasteiger partial charge in [0.25, 0.3) is 5.69 Å². The molecule has 0 fully saturated rings. The summed E-state index contributed by atoms with van der Waals surface area (Å²) in [6, 6.07) is 23.8. The highest BCUT2D eigenvalue weighted by molar-refractivity contribution is 5.59. The number of nitrogen functional groups attached to an aromatic ring is 1. The number of para-hydroxylation sites is 2. The van der Waals surface area contributed by atoms with Crippen molar-refractivity contribution in [1.82, 2.24) is 0 Å². The van der Waals surface area contributed by atoms with E-state index >= 15 is 0 Å². The molecule has 4 N–H and O–H groups in total. The lowest BCUT2D eigenvalue weighted by molar-refractivity contribution is -0.384. The summed E-state index contributed by atoms with van der Waals surface area (Å²) in [5, 5.41) is 22.3. The number of phenols is 1. The molecule has 122 valence electrons. The Hall–Kier alpha value is -3.54. The van der Waals surface area contributed by atoms with Crippen molar-refractivity contribution in [2.45, 2.75) is 0 Å². The fourth-order valence-corrected chi connectivity index (χ4v) is 1.86. The van der Waals surface area contributed by atoms with Gasteiger partial charge in [0.1, 0.15) is 5.75 Å². The number of aromatic hydroxyl groups is 1.